The van der Waals surface area contributed by atoms with Crippen LogP contribution in [0.25, 0.3) is 5.65 Å². The molecule has 0 saturated carbocycles. The zero-order valence-electron chi connectivity index (χ0n) is 6.56. The maximum absolute atomic E-state index is 5.58. The first-order valence-electron chi connectivity index (χ1n) is 3.33. The van der Waals surface area contributed by atoms with E-state index in [4.69, 9.17) is 5.73 Å². The zero-order valence-corrected chi connectivity index (χ0v) is 7.38. The van der Waals surface area contributed by atoms with Crippen molar-refractivity contribution in [1.29, 1.82) is 0 Å². The summed E-state index contributed by atoms with van der Waals surface area (Å²) in [7, 11) is 0. The summed E-state index contributed by atoms with van der Waals surface area (Å²) in [6.07, 6.45) is 5.26. The fourth-order valence-electron chi connectivity index (χ4n) is 0.986. The normalized spacial score (nSPS) is 9.75. The third kappa shape index (κ3) is 1.21. The van der Waals surface area contributed by atoms with Gasteiger partial charge < -0.3 is 5.73 Å². The molecule has 0 fully saturated rings. The Kier molecular flexibility index (Phi) is 2.19. The Morgan fingerprint density at radius 1 is 1.42 bits per heavy atom. The number of nitrogens with two attached hydrogens (primary N) is 1. The van der Waals surface area contributed by atoms with Crippen LogP contribution in [0, 0.1) is 6.92 Å². The molecule has 0 unspecified atom stereocenters. The van der Waals surface area contributed by atoms with Gasteiger partial charge in [0.2, 0.25) is 0 Å². The molecule has 2 heterocycles. The monoisotopic (exact) mass is 184 g/mol. The summed E-state index contributed by atoms with van der Waals surface area (Å²) in [5.41, 5.74) is 7.98. The molecule has 2 rings (SSSR count). The van der Waals surface area contributed by atoms with Gasteiger partial charge in [0.15, 0.2) is 5.65 Å². The average Bonchev–Trinajstić information content (AvgIpc) is 2.32. The lowest BCUT2D eigenvalue weighted by molar-refractivity contribution is 0.928. The minimum atomic E-state index is 0. The number of anilines is 1. The lowest BCUT2D eigenvalue weighted by atomic mass is 10.4. The summed E-state index contributed by atoms with van der Waals surface area (Å²) in [5, 5.41) is 4.01. The van der Waals surface area contributed by atoms with E-state index in [0.29, 0.717) is 5.69 Å². The summed E-state index contributed by atoms with van der Waals surface area (Å²) >= 11 is 0. The first kappa shape index (κ1) is 8.80. The van der Waals surface area contributed by atoms with Crippen molar-refractivity contribution in [2.24, 2.45) is 0 Å². The van der Waals surface area contributed by atoms with E-state index in [0.717, 1.165) is 11.2 Å². The van der Waals surface area contributed by atoms with Crippen molar-refractivity contribution < 1.29 is 0 Å². The number of halogens is 1. The molecule has 0 bridgehead atoms. The van der Waals surface area contributed by atoms with Crippen molar-refractivity contribution in [3.63, 3.8) is 0 Å². The standard InChI is InChI=1S/C7H8N4.ClH/c1-5-2-9-7-6(8)3-10-11(7)4-5;/h2-4H,8H2,1H3;1H. The summed E-state index contributed by atoms with van der Waals surface area (Å²) in [4.78, 5) is 4.12. The molecule has 0 spiro atoms. The van der Waals surface area contributed by atoms with Crippen LogP contribution in [0.2, 0.25) is 0 Å². The van der Waals surface area contributed by atoms with Crippen molar-refractivity contribution in [1.82, 2.24) is 14.6 Å². The SMILES string of the molecule is Cc1cnc2c(N)cnn2c1.Cl. The number of aromatic nitrogens is 3. The highest BCUT2D eigenvalue weighted by molar-refractivity contribution is 5.85. The Morgan fingerprint density at radius 2 is 2.17 bits per heavy atom. The van der Waals surface area contributed by atoms with Crippen LogP contribution in [0.15, 0.2) is 18.6 Å². The molecular formula is C7H9ClN4. The molecule has 0 aliphatic rings. The molecule has 0 aliphatic carbocycles. The van der Waals surface area contributed by atoms with E-state index in [-0.39, 0.29) is 12.4 Å². The largest absolute Gasteiger partial charge is 0.394 e. The van der Waals surface area contributed by atoms with Crippen LogP contribution in [-0.2, 0) is 0 Å². The van der Waals surface area contributed by atoms with Crippen molar-refractivity contribution in [3.8, 4) is 0 Å². The van der Waals surface area contributed by atoms with Gasteiger partial charge in [-0.15, -0.1) is 12.4 Å². The molecule has 0 aromatic carbocycles. The van der Waals surface area contributed by atoms with Crippen molar-refractivity contribution in [3.05, 3.63) is 24.2 Å². The lowest BCUT2D eigenvalue weighted by Gasteiger charge is -1.93. The fraction of sp³-hybridized carbons (Fsp3) is 0.143. The van der Waals surface area contributed by atoms with Gasteiger partial charge in [-0.1, -0.05) is 0 Å². The predicted molar refractivity (Wildman–Crippen MR) is 49.4 cm³/mol. The Bertz CT molecular complexity index is 395. The predicted octanol–water partition coefficient (Wildman–Crippen LogP) is 1.04. The van der Waals surface area contributed by atoms with E-state index in [2.05, 4.69) is 10.1 Å². The van der Waals surface area contributed by atoms with Gasteiger partial charge in [0.1, 0.15) is 0 Å². The van der Waals surface area contributed by atoms with Gasteiger partial charge in [0.05, 0.1) is 11.9 Å². The van der Waals surface area contributed by atoms with E-state index >= 15 is 0 Å². The molecule has 2 aromatic rings. The zero-order chi connectivity index (χ0) is 7.84. The van der Waals surface area contributed by atoms with E-state index < -0.39 is 0 Å². The minimum Gasteiger partial charge on any atom is -0.394 e. The van der Waals surface area contributed by atoms with Crippen LogP contribution in [0.4, 0.5) is 5.69 Å². The van der Waals surface area contributed by atoms with Crippen LogP contribution < -0.4 is 5.73 Å². The highest BCUT2D eigenvalue weighted by atomic mass is 35.5. The molecule has 0 atom stereocenters. The van der Waals surface area contributed by atoms with E-state index in [9.17, 15) is 0 Å². The van der Waals surface area contributed by atoms with E-state index in [1.165, 1.54) is 0 Å². The summed E-state index contributed by atoms with van der Waals surface area (Å²) in [5.74, 6) is 0. The van der Waals surface area contributed by atoms with Crippen LogP contribution >= 0.6 is 12.4 Å². The fourth-order valence-corrected chi connectivity index (χ4v) is 0.986. The van der Waals surface area contributed by atoms with E-state index in [1.807, 2.05) is 13.1 Å². The molecule has 2 N–H and O–H groups in total. The highest BCUT2D eigenvalue weighted by Crippen LogP contribution is 2.08. The number of hydrogen-bond donors (Lipinski definition) is 1. The van der Waals surface area contributed by atoms with Gasteiger partial charge in [-0.05, 0) is 12.5 Å². The van der Waals surface area contributed by atoms with Gasteiger partial charge in [-0.2, -0.15) is 5.10 Å². The second kappa shape index (κ2) is 2.98. The van der Waals surface area contributed by atoms with Crippen LogP contribution in [0.5, 0.6) is 0 Å². The molecule has 0 radical (unpaired) electrons. The second-order valence-corrected chi connectivity index (χ2v) is 2.50. The summed E-state index contributed by atoms with van der Waals surface area (Å²) < 4.78 is 1.67. The highest BCUT2D eigenvalue weighted by Gasteiger charge is 1.99. The second-order valence-electron chi connectivity index (χ2n) is 2.50. The van der Waals surface area contributed by atoms with Gasteiger partial charge in [-0.3, -0.25) is 0 Å². The average molecular weight is 185 g/mol. The third-order valence-corrected chi connectivity index (χ3v) is 1.51. The topological polar surface area (TPSA) is 56.2 Å². The molecule has 2 aromatic heterocycles. The molecule has 12 heavy (non-hydrogen) atoms. The van der Waals surface area contributed by atoms with Gasteiger partial charge >= 0.3 is 0 Å². The summed E-state index contributed by atoms with van der Waals surface area (Å²) in [6, 6.07) is 0. The number of nitrogen functional groups attached to an aromatic ring is 1. The number of aryl methyl sites for hydroxylation is 1. The number of hydrogen-bond acceptors (Lipinski definition) is 3. The molecule has 0 saturated heterocycles. The summed E-state index contributed by atoms with van der Waals surface area (Å²) in [6.45, 7) is 1.96. The first-order valence-corrected chi connectivity index (χ1v) is 3.33. The molecule has 5 heteroatoms. The van der Waals surface area contributed by atoms with E-state index in [1.54, 1.807) is 16.9 Å². The quantitative estimate of drug-likeness (QED) is 0.666. The molecule has 0 amide bonds. The molecular weight excluding hydrogens is 176 g/mol. The smallest absolute Gasteiger partial charge is 0.178 e. The number of rotatable bonds is 0. The Labute approximate surface area is 75.8 Å². The number of nitrogens with zero attached hydrogens (tertiary/aromatic N) is 3. The molecule has 0 aliphatic heterocycles. The van der Waals surface area contributed by atoms with Crippen LogP contribution in [0.3, 0.4) is 0 Å². The third-order valence-electron chi connectivity index (χ3n) is 1.51. The van der Waals surface area contributed by atoms with Crippen molar-refractivity contribution in [2.75, 3.05) is 5.73 Å². The van der Waals surface area contributed by atoms with Crippen LogP contribution in [0.1, 0.15) is 5.56 Å². The molecule has 4 nitrogen and oxygen atoms in total. The van der Waals surface area contributed by atoms with Crippen molar-refractivity contribution in [2.45, 2.75) is 6.92 Å². The van der Waals surface area contributed by atoms with Crippen molar-refractivity contribution >= 4 is 23.7 Å². The number of fused-ring (bicyclic) bond motifs is 1. The maximum atomic E-state index is 5.58. The maximum Gasteiger partial charge on any atom is 0.178 e. The van der Waals surface area contributed by atoms with Gasteiger partial charge in [0.25, 0.3) is 0 Å². The van der Waals surface area contributed by atoms with Gasteiger partial charge in [-0.25, -0.2) is 9.50 Å². The first-order chi connectivity index (χ1) is 5.27. The Balaban J connectivity index is 0.000000720. The minimum absolute atomic E-state index is 0. The molecule has 64 valence electrons. The lowest BCUT2D eigenvalue weighted by Crippen LogP contribution is -1.92. The Morgan fingerprint density at radius 3 is 2.92 bits per heavy atom. The Hall–Kier alpha value is -1.29. The van der Waals surface area contributed by atoms with Crippen LogP contribution in [-0.4, -0.2) is 14.6 Å². The van der Waals surface area contributed by atoms with Gasteiger partial charge in [0, 0.05) is 12.4 Å².